The monoisotopic (exact) mass is 319 g/mol. The number of H-pyrrole nitrogens is 1. The van der Waals surface area contributed by atoms with E-state index in [9.17, 15) is 4.79 Å². The second-order valence-electron chi connectivity index (χ2n) is 6.28. The Balaban J connectivity index is 1.45. The van der Waals surface area contributed by atoms with E-state index in [1.54, 1.807) is 6.20 Å². The Bertz CT molecular complexity index is 840. The molecular weight excluding hydrogens is 298 g/mol. The molecule has 3 aromatic rings. The predicted octanol–water partition coefficient (Wildman–Crippen LogP) is 3.57. The number of anilines is 1. The Kier molecular flexibility index (Phi) is 3.95. The van der Waals surface area contributed by atoms with E-state index >= 15 is 0 Å². The Hall–Kier alpha value is -2.75. The maximum atomic E-state index is 12.6. The summed E-state index contributed by atoms with van der Waals surface area (Å²) in [6.45, 7) is 1.73. The molecule has 2 aromatic carbocycles. The number of rotatable bonds is 4. The van der Waals surface area contributed by atoms with Gasteiger partial charge in [0.2, 0.25) is 0 Å². The molecule has 0 bridgehead atoms. The number of para-hydroxylation sites is 2. The third-order valence-corrected chi connectivity index (χ3v) is 4.80. The van der Waals surface area contributed by atoms with Crippen molar-refractivity contribution in [1.82, 2.24) is 10.3 Å². The average molecular weight is 319 g/mol. The summed E-state index contributed by atoms with van der Waals surface area (Å²) in [5.74, 6) is -0.00707. The van der Waals surface area contributed by atoms with Gasteiger partial charge >= 0.3 is 0 Å². The summed E-state index contributed by atoms with van der Waals surface area (Å²) in [5, 5.41) is 4.09. The topological polar surface area (TPSA) is 48.1 Å². The molecule has 2 heterocycles. The summed E-state index contributed by atoms with van der Waals surface area (Å²) in [5.41, 5.74) is 2.95. The fraction of sp³-hybridized carbons (Fsp3) is 0.250. The number of amides is 1. The van der Waals surface area contributed by atoms with Crippen LogP contribution >= 0.6 is 0 Å². The first kappa shape index (κ1) is 14.8. The van der Waals surface area contributed by atoms with E-state index in [0.29, 0.717) is 12.6 Å². The van der Waals surface area contributed by atoms with E-state index in [1.165, 1.54) is 12.1 Å². The second-order valence-corrected chi connectivity index (χ2v) is 6.28. The summed E-state index contributed by atoms with van der Waals surface area (Å²) < 4.78 is 0. The summed E-state index contributed by atoms with van der Waals surface area (Å²) in [6.07, 6.45) is 4.08. The second kappa shape index (κ2) is 6.40. The van der Waals surface area contributed by atoms with Crippen molar-refractivity contribution < 1.29 is 4.79 Å². The number of carbonyl (C=O) groups is 1. The summed E-state index contributed by atoms with van der Waals surface area (Å²) in [4.78, 5) is 18.1. The van der Waals surface area contributed by atoms with Crippen LogP contribution in [0.2, 0.25) is 0 Å². The van der Waals surface area contributed by atoms with Crippen molar-refractivity contribution in [3.05, 3.63) is 66.4 Å². The van der Waals surface area contributed by atoms with Crippen LogP contribution < -0.4 is 10.2 Å². The SMILES string of the molecule is O=C(NCC1CCCN1c1ccccc1)c1c[nH]c2ccccc12. The molecule has 2 N–H and O–H groups in total. The maximum Gasteiger partial charge on any atom is 0.253 e. The van der Waals surface area contributed by atoms with Gasteiger partial charge in [-0.3, -0.25) is 4.79 Å². The van der Waals surface area contributed by atoms with Crippen molar-refractivity contribution in [3.8, 4) is 0 Å². The van der Waals surface area contributed by atoms with Crippen LogP contribution in [0.3, 0.4) is 0 Å². The highest BCUT2D eigenvalue weighted by atomic mass is 16.1. The number of fused-ring (bicyclic) bond motifs is 1. The van der Waals surface area contributed by atoms with Crippen molar-refractivity contribution in [2.75, 3.05) is 18.0 Å². The zero-order valence-corrected chi connectivity index (χ0v) is 13.5. The normalized spacial score (nSPS) is 17.3. The fourth-order valence-electron chi connectivity index (χ4n) is 3.57. The number of hydrogen-bond donors (Lipinski definition) is 2. The van der Waals surface area contributed by atoms with Crippen LogP contribution in [-0.2, 0) is 0 Å². The van der Waals surface area contributed by atoms with Crippen LogP contribution in [0.1, 0.15) is 23.2 Å². The Morgan fingerprint density at radius 2 is 1.92 bits per heavy atom. The summed E-state index contributed by atoms with van der Waals surface area (Å²) in [7, 11) is 0. The van der Waals surface area contributed by atoms with Gasteiger partial charge in [-0.1, -0.05) is 36.4 Å². The van der Waals surface area contributed by atoms with Crippen molar-refractivity contribution >= 4 is 22.5 Å². The van der Waals surface area contributed by atoms with E-state index in [1.807, 2.05) is 30.3 Å². The van der Waals surface area contributed by atoms with E-state index < -0.39 is 0 Å². The molecule has 0 spiro atoms. The maximum absolute atomic E-state index is 12.6. The van der Waals surface area contributed by atoms with Crippen molar-refractivity contribution in [3.63, 3.8) is 0 Å². The number of nitrogens with one attached hydrogen (secondary N) is 2. The molecule has 4 heteroatoms. The first-order valence-electron chi connectivity index (χ1n) is 8.49. The molecule has 1 amide bonds. The third-order valence-electron chi connectivity index (χ3n) is 4.80. The molecule has 122 valence electrons. The van der Waals surface area contributed by atoms with Gasteiger partial charge in [0, 0.05) is 41.9 Å². The van der Waals surface area contributed by atoms with Gasteiger partial charge < -0.3 is 15.2 Å². The van der Waals surface area contributed by atoms with Gasteiger partial charge in [0.25, 0.3) is 5.91 Å². The Morgan fingerprint density at radius 1 is 1.12 bits per heavy atom. The van der Waals surface area contributed by atoms with E-state index in [-0.39, 0.29) is 5.91 Å². The molecular formula is C20H21N3O. The number of nitrogens with zero attached hydrogens (tertiary/aromatic N) is 1. The molecule has 1 aromatic heterocycles. The Morgan fingerprint density at radius 3 is 2.79 bits per heavy atom. The first-order chi connectivity index (χ1) is 11.8. The van der Waals surface area contributed by atoms with Crippen molar-refractivity contribution in [2.24, 2.45) is 0 Å². The lowest BCUT2D eigenvalue weighted by atomic mass is 10.1. The molecule has 4 rings (SSSR count). The molecule has 0 aliphatic carbocycles. The van der Waals surface area contributed by atoms with E-state index in [2.05, 4.69) is 39.5 Å². The predicted molar refractivity (Wildman–Crippen MR) is 97.4 cm³/mol. The standard InChI is InChI=1S/C20H21N3O/c24-20(18-14-21-19-11-5-4-10-17(18)19)22-13-16-9-6-12-23(16)15-7-2-1-3-8-15/h1-5,7-8,10-11,14,16,21H,6,9,12-13H2,(H,22,24). The highest BCUT2D eigenvalue weighted by Crippen LogP contribution is 2.25. The molecule has 4 nitrogen and oxygen atoms in total. The highest BCUT2D eigenvalue weighted by Gasteiger charge is 2.25. The molecule has 1 unspecified atom stereocenters. The molecule has 1 saturated heterocycles. The molecule has 1 fully saturated rings. The number of aromatic amines is 1. The van der Waals surface area contributed by atoms with Crippen LogP contribution in [0.5, 0.6) is 0 Å². The van der Waals surface area contributed by atoms with Gasteiger partial charge in [-0.25, -0.2) is 0 Å². The summed E-state index contributed by atoms with van der Waals surface area (Å²) in [6, 6.07) is 18.7. The molecule has 0 saturated carbocycles. The third kappa shape index (κ3) is 2.75. The number of aromatic nitrogens is 1. The van der Waals surface area contributed by atoms with E-state index in [0.717, 1.165) is 29.4 Å². The van der Waals surface area contributed by atoms with Crippen LogP contribution in [0.4, 0.5) is 5.69 Å². The van der Waals surface area contributed by atoms with Gasteiger partial charge in [0.05, 0.1) is 5.56 Å². The minimum atomic E-state index is -0.00707. The van der Waals surface area contributed by atoms with Gasteiger partial charge in [0.1, 0.15) is 0 Å². The fourth-order valence-corrected chi connectivity index (χ4v) is 3.57. The van der Waals surface area contributed by atoms with Gasteiger partial charge in [0.15, 0.2) is 0 Å². The van der Waals surface area contributed by atoms with Crippen LogP contribution in [0, 0.1) is 0 Å². The highest BCUT2D eigenvalue weighted by molar-refractivity contribution is 6.06. The minimum Gasteiger partial charge on any atom is -0.367 e. The zero-order valence-electron chi connectivity index (χ0n) is 13.5. The van der Waals surface area contributed by atoms with E-state index in [4.69, 9.17) is 0 Å². The van der Waals surface area contributed by atoms with Crippen molar-refractivity contribution in [1.29, 1.82) is 0 Å². The van der Waals surface area contributed by atoms with Crippen LogP contribution in [0.25, 0.3) is 10.9 Å². The van der Waals surface area contributed by atoms with Gasteiger partial charge in [-0.2, -0.15) is 0 Å². The average Bonchev–Trinajstić information content (AvgIpc) is 3.27. The van der Waals surface area contributed by atoms with Crippen LogP contribution in [-0.4, -0.2) is 30.0 Å². The summed E-state index contributed by atoms with van der Waals surface area (Å²) >= 11 is 0. The lowest BCUT2D eigenvalue weighted by molar-refractivity contribution is 0.0953. The largest absolute Gasteiger partial charge is 0.367 e. The minimum absolute atomic E-state index is 0.00707. The van der Waals surface area contributed by atoms with Gasteiger partial charge in [-0.15, -0.1) is 0 Å². The van der Waals surface area contributed by atoms with Crippen LogP contribution in [0.15, 0.2) is 60.8 Å². The lowest BCUT2D eigenvalue weighted by Gasteiger charge is -2.27. The molecule has 24 heavy (non-hydrogen) atoms. The zero-order chi connectivity index (χ0) is 16.4. The van der Waals surface area contributed by atoms with Crippen molar-refractivity contribution in [2.45, 2.75) is 18.9 Å². The number of carbonyl (C=O) groups excluding carboxylic acids is 1. The molecule has 1 aliphatic heterocycles. The quantitative estimate of drug-likeness (QED) is 0.772. The molecule has 0 radical (unpaired) electrons. The van der Waals surface area contributed by atoms with Gasteiger partial charge in [-0.05, 0) is 31.0 Å². The first-order valence-corrected chi connectivity index (χ1v) is 8.49. The number of hydrogen-bond acceptors (Lipinski definition) is 2. The molecule has 1 atom stereocenters. The number of benzene rings is 2. The molecule has 1 aliphatic rings. The Labute approximate surface area is 141 Å². The lowest BCUT2D eigenvalue weighted by Crippen LogP contribution is -2.40. The smallest absolute Gasteiger partial charge is 0.253 e.